The Morgan fingerprint density at radius 2 is 2.06 bits per heavy atom. The number of thioether (sulfide) groups is 1. The van der Waals surface area contributed by atoms with Crippen LogP contribution in [0.5, 0.6) is 0 Å². The number of rotatable bonds is 2. The standard InChI is InChI=1S/C14H19N3S/c1-4-17(5-2)11(3)15-14-16-13-9-7-6-8-12(13)10-18-14/h6-9H,4-5,10H2,1-3H3/b15-11+. The van der Waals surface area contributed by atoms with Gasteiger partial charge in [-0.15, -0.1) is 0 Å². The van der Waals surface area contributed by atoms with Crippen molar-refractivity contribution in [1.82, 2.24) is 4.90 Å². The Balaban J connectivity index is 2.21. The van der Waals surface area contributed by atoms with Crippen LogP contribution in [0.15, 0.2) is 34.3 Å². The minimum atomic E-state index is 0.873. The van der Waals surface area contributed by atoms with Crippen molar-refractivity contribution in [2.24, 2.45) is 9.98 Å². The van der Waals surface area contributed by atoms with Crippen molar-refractivity contribution < 1.29 is 0 Å². The first-order valence-corrected chi connectivity index (χ1v) is 7.32. The van der Waals surface area contributed by atoms with Gasteiger partial charge in [-0.2, -0.15) is 0 Å². The third-order valence-electron chi connectivity index (χ3n) is 3.04. The van der Waals surface area contributed by atoms with E-state index in [9.17, 15) is 0 Å². The minimum absolute atomic E-state index is 0.873. The zero-order valence-electron chi connectivity index (χ0n) is 11.2. The summed E-state index contributed by atoms with van der Waals surface area (Å²) in [6.45, 7) is 8.32. The van der Waals surface area contributed by atoms with Gasteiger partial charge < -0.3 is 4.90 Å². The second kappa shape index (κ2) is 6.05. The van der Waals surface area contributed by atoms with Gasteiger partial charge in [0.15, 0.2) is 5.17 Å². The second-order valence-electron chi connectivity index (χ2n) is 4.14. The van der Waals surface area contributed by atoms with Crippen LogP contribution >= 0.6 is 11.8 Å². The summed E-state index contributed by atoms with van der Waals surface area (Å²) in [6.07, 6.45) is 0. The number of hydrogen-bond acceptors (Lipinski definition) is 3. The summed E-state index contributed by atoms with van der Waals surface area (Å²) >= 11 is 1.71. The summed E-state index contributed by atoms with van der Waals surface area (Å²) in [5.74, 6) is 2.01. The molecule has 0 saturated carbocycles. The smallest absolute Gasteiger partial charge is 0.190 e. The van der Waals surface area contributed by atoms with E-state index < -0.39 is 0 Å². The van der Waals surface area contributed by atoms with Crippen LogP contribution in [0.3, 0.4) is 0 Å². The summed E-state index contributed by atoms with van der Waals surface area (Å²) < 4.78 is 0. The van der Waals surface area contributed by atoms with Crippen LogP contribution in [0.1, 0.15) is 26.3 Å². The summed E-state index contributed by atoms with van der Waals surface area (Å²) in [5.41, 5.74) is 2.35. The summed E-state index contributed by atoms with van der Waals surface area (Å²) in [6, 6.07) is 8.27. The van der Waals surface area contributed by atoms with Gasteiger partial charge in [0, 0.05) is 18.8 Å². The van der Waals surface area contributed by atoms with E-state index in [0.29, 0.717) is 0 Å². The van der Waals surface area contributed by atoms with E-state index in [0.717, 1.165) is 35.5 Å². The number of amidine groups is 2. The lowest BCUT2D eigenvalue weighted by Crippen LogP contribution is -2.28. The van der Waals surface area contributed by atoms with Crippen LogP contribution in [-0.4, -0.2) is 29.0 Å². The van der Waals surface area contributed by atoms with Crippen molar-refractivity contribution in [2.75, 3.05) is 13.1 Å². The molecule has 0 N–H and O–H groups in total. The van der Waals surface area contributed by atoms with Gasteiger partial charge in [-0.25, -0.2) is 9.98 Å². The monoisotopic (exact) mass is 261 g/mol. The van der Waals surface area contributed by atoms with Gasteiger partial charge in [0.1, 0.15) is 5.84 Å². The summed E-state index contributed by atoms with van der Waals surface area (Å²) in [4.78, 5) is 11.5. The van der Waals surface area contributed by atoms with Gasteiger partial charge in [-0.3, -0.25) is 0 Å². The molecule has 1 heterocycles. The van der Waals surface area contributed by atoms with Crippen molar-refractivity contribution in [3.63, 3.8) is 0 Å². The van der Waals surface area contributed by atoms with E-state index in [1.165, 1.54) is 5.56 Å². The van der Waals surface area contributed by atoms with Gasteiger partial charge >= 0.3 is 0 Å². The zero-order valence-corrected chi connectivity index (χ0v) is 12.0. The molecular weight excluding hydrogens is 242 g/mol. The molecule has 1 aromatic rings. The molecule has 0 bridgehead atoms. The van der Waals surface area contributed by atoms with Gasteiger partial charge in [0.2, 0.25) is 0 Å². The molecule has 0 aromatic heterocycles. The Morgan fingerprint density at radius 1 is 1.33 bits per heavy atom. The summed E-state index contributed by atoms with van der Waals surface area (Å²) in [5, 5.41) is 0.873. The van der Waals surface area contributed by atoms with Crippen molar-refractivity contribution in [2.45, 2.75) is 26.5 Å². The number of hydrogen-bond donors (Lipinski definition) is 0. The highest BCUT2D eigenvalue weighted by Gasteiger charge is 2.12. The number of benzene rings is 1. The van der Waals surface area contributed by atoms with E-state index >= 15 is 0 Å². The molecule has 1 aliphatic heterocycles. The molecule has 0 aliphatic carbocycles. The van der Waals surface area contributed by atoms with E-state index in [2.05, 4.69) is 53.9 Å². The number of nitrogens with zero attached hydrogens (tertiary/aromatic N) is 3. The SMILES string of the molecule is CCN(CC)/C(C)=N/C1=Nc2ccccc2CS1. The summed E-state index contributed by atoms with van der Waals surface area (Å²) in [7, 11) is 0. The number of para-hydroxylation sites is 1. The highest BCUT2D eigenvalue weighted by Crippen LogP contribution is 2.30. The molecule has 0 radical (unpaired) electrons. The van der Waals surface area contributed by atoms with Crippen molar-refractivity contribution >= 4 is 28.5 Å². The highest BCUT2D eigenvalue weighted by atomic mass is 32.2. The fraction of sp³-hybridized carbons (Fsp3) is 0.429. The quantitative estimate of drug-likeness (QED) is 0.600. The van der Waals surface area contributed by atoms with Crippen LogP contribution in [0.25, 0.3) is 0 Å². The van der Waals surface area contributed by atoms with E-state index in [-0.39, 0.29) is 0 Å². The molecular formula is C14H19N3S. The van der Waals surface area contributed by atoms with Crippen molar-refractivity contribution in [3.8, 4) is 0 Å². The molecule has 18 heavy (non-hydrogen) atoms. The van der Waals surface area contributed by atoms with Crippen molar-refractivity contribution in [3.05, 3.63) is 29.8 Å². The fourth-order valence-electron chi connectivity index (χ4n) is 1.97. The molecule has 96 valence electrons. The first-order chi connectivity index (χ1) is 8.74. The molecule has 0 saturated heterocycles. The first kappa shape index (κ1) is 13.1. The maximum absolute atomic E-state index is 4.63. The van der Waals surface area contributed by atoms with E-state index in [4.69, 9.17) is 0 Å². The number of aliphatic imine (C=N–C) groups is 2. The Kier molecular flexibility index (Phi) is 4.42. The molecule has 0 amide bonds. The fourth-order valence-corrected chi connectivity index (χ4v) is 2.86. The highest BCUT2D eigenvalue weighted by molar-refractivity contribution is 8.13. The first-order valence-electron chi connectivity index (χ1n) is 6.34. The Labute approximate surface area is 113 Å². The van der Waals surface area contributed by atoms with Crippen LogP contribution in [0.2, 0.25) is 0 Å². The lowest BCUT2D eigenvalue weighted by atomic mass is 10.2. The van der Waals surface area contributed by atoms with Gasteiger partial charge in [-0.1, -0.05) is 30.0 Å². The average molecular weight is 261 g/mol. The maximum atomic E-state index is 4.63. The molecule has 0 unspecified atom stereocenters. The molecule has 1 aliphatic rings. The van der Waals surface area contributed by atoms with Crippen LogP contribution < -0.4 is 0 Å². The minimum Gasteiger partial charge on any atom is -0.361 e. The second-order valence-corrected chi connectivity index (χ2v) is 5.09. The molecule has 1 aromatic carbocycles. The molecule has 0 atom stereocenters. The van der Waals surface area contributed by atoms with Crippen LogP contribution in [0, 0.1) is 0 Å². The predicted octanol–water partition coefficient (Wildman–Crippen LogP) is 3.68. The molecule has 2 rings (SSSR count). The Hall–Kier alpha value is -1.29. The molecule has 0 spiro atoms. The Morgan fingerprint density at radius 3 is 2.78 bits per heavy atom. The largest absolute Gasteiger partial charge is 0.361 e. The van der Waals surface area contributed by atoms with Gasteiger partial charge in [0.05, 0.1) is 5.69 Å². The molecule has 3 nitrogen and oxygen atoms in total. The van der Waals surface area contributed by atoms with Gasteiger partial charge in [0.25, 0.3) is 0 Å². The topological polar surface area (TPSA) is 28.0 Å². The maximum Gasteiger partial charge on any atom is 0.190 e. The zero-order chi connectivity index (χ0) is 13.0. The molecule has 4 heteroatoms. The van der Waals surface area contributed by atoms with Crippen molar-refractivity contribution in [1.29, 1.82) is 0 Å². The predicted molar refractivity (Wildman–Crippen MR) is 80.9 cm³/mol. The average Bonchev–Trinajstić information content (AvgIpc) is 2.40. The van der Waals surface area contributed by atoms with E-state index in [1.807, 2.05) is 6.07 Å². The lowest BCUT2D eigenvalue weighted by Gasteiger charge is -2.21. The third kappa shape index (κ3) is 2.93. The normalized spacial score (nSPS) is 15.1. The van der Waals surface area contributed by atoms with Crippen LogP contribution in [0.4, 0.5) is 5.69 Å². The lowest BCUT2D eigenvalue weighted by molar-refractivity contribution is 0.463. The van der Waals surface area contributed by atoms with Gasteiger partial charge in [-0.05, 0) is 32.4 Å². The Bertz CT molecular complexity index is 476. The van der Waals surface area contributed by atoms with Crippen LogP contribution in [-0.2, 0) is 5.75 Å². The van der Waals surface area contributed by atoms with E-state index in [1.54, 1.807) is 11.8 Å². The number of fused-ring (bicyclic) bond motifs is 1. The third-order valence-corrected chi connectivity index (χ3v) is 3.94. The molecule has 0 fully saturated rings.